The van der Waals surface area contributed by atoms with Gasteiger partial charge < -0.3 is 25.4 Å². The molecule has 0 spiro atoms. The quantitative estimate of drug-likeness (QED) is 0.658. The molecular weight excluding hydrogens is 285 g/mol. The smallest absolute Gasteiger partial charge is 0.320 e. The molecule has 1 saturated heterocycles. The number of nitrogen functional groups attached to an aromatic ring is 1. The predicted octanol–water partition coefficient (Wildman–Crippen LogP) is -0.994. The fraction of sp³-hybridized carbons (Fsp3) is 0.545. The number of rotatable bonds is 3. The van der Waals surface area contributed by atoms with Gasteiger partial charge in [-0.15, -0.1) is 0 Å². The molecule has 21 heavy (non-hydrogen) atoms. The Morgan fingerprint density at radius 2 is 2.29 bits per heavy atom. The molecule has 0 unspecified atom stereocenters. The van der Waals surface area contributed by atoms with Crippen molar-refractivity contribution in [3.8, 4) is 6.01 Å². The molecule has 4 atom stereocenters. The summed E-state index contributed by atoms with van der Waals surface area (Å²) in [5, 5.41) is 18.7. The number of nitrogens with zero attached hydrogens (tertiary/aromatic N) is 4. The van der Waals surface area contributed by atoms with E-state index in [0.717, 1.165) is 0 Å². The number of anilines is 1. The summed E-state index contributed by atoms with van der Waals surface area (Å²) in [6.45, 7) is -0.495. The minimum Gasteiger partial charge on any atom is -0.467 e. The average Bonchev–Trinajstić information content (AvgIpc) is 3.02. The van der Waals surface area contributed by atoms with Crippen molar-refractivity contribution in [1.29, 1.82) is 0 Å². The van der Waals surface area contributed by atoms with Gasteiger partial charge in [-0.05, 0) is 0 Å². The number of methoxy groups -OCH3 is 1. The van der Waals surface area contributed by atoms with Crippen LogP contribution in [0.2, 0.25) is 0 Å². The number of fused-ring (bicyclic) bond motifs is 1. The van der Waals surface area contributed by atoms with E-state index in [1.165, 1.54) is 18.0 Å². The summed E-state index contributed by atoms with van der Waals surface area (Å²) in [6, 6.07) is 0.00871. The molecule has 1 aliphatic heterocycles. The van der Waals surface area contributed by atoms with Crippen LogP contribution in [0.1, 0.15) is 6.23 Å². The van der Waals surface area contributed by atoms with Crippen LogP contribution in [0.15, 0.2) is 6.33 Å². The van der Waals surface area contributed by atoms with E-state index >= 15 is 0 Å². The standard InChI is InChI=1S/C11H14FN5O4/c1-20-11-15-8(13)6-9(16-11)17(3-14-6)10-5(12)7(19)4(2-18)21-10/h3-5,7,10,18-19H,2H2,1H3,(H2,13,15,16)/t4-,5+,7-,10-/m1/s1. The van der Waals surface area contributed by atoms with E-state index in [4.69, 9.17) is 20.3 Å². The second kappa shape index (κ2) is 5.06. The van der Waals surface area contributed by atoms with Gasteiger partial charge in [0.25, 0.3) is 0 Å². The molecule has 114 valence electrons. The highest BCUT2D eigenvalue weighted by Crippen LogP contribution is 2.34. The van der Waals surface area contributed by atoms with Crippen LogP contribution in [-0.4, -0.2) is 61.8 Å². The maximum absolute atomic E-state index is 14.2. The lowest BCUT2D eigenvalue weighted by Crippen LogP contribution is -2.30. The van der Waals surface area contributed by atoms with Gasteiger partial charge in [-0.1, -0.05) is 0 Å². The van der Waals surface area contributed by atoms with E-state index in [-0.39, 0.29) is 23.0 Å². The number of aliphatic hydroxyl groups is 2. The van der Waals surface area contributed by atoms with Gasteiger partial charge in [-0.3, -0.25) is 4.57 Å². The first kappa shape index (κ1) is 13.9. The first-order valence-electron chi connectivity index (χ1n) is 6.19. The topological polar surface area (TPSA) is 129 Å². The summed E-state index contributed by atoms with van der Waals surface area (Å²) >= 11 is 0. The van der Waals surface area contributed by atoms with E-state index in [9.17, 15) is 9.50 Å². The van der Waals surface area contributed by atoms with Crippen molar-refractivity contribution in [2.45, 2.75) is 24.6 Å². The molecule has 1 aliphatic rings. The second-order valence-corrected chi connectivity index (χ2v) is 4.60. The molecule has 2 aromatic heterocycles. The van der Waals surface area contributed by atoms with Crippen LogP contribution in [0.4, 0.5) is 10.2 Å². The van der Waals surface area contributed by atoms with Crippen molar-refractivity contribution < 1.29 is 24.1 Å². The molecule has 3 rings (SSSR count). The molecule has 0 radical (unpaired) electrons. The van der Waals surface area contributed by atoms with Gasteiger partial charge in [0, 0.05) is 0 Å². The Balaban J connectivity index is 2.07. The van der Waals surface area contributed by atoms with E-state index in [2.05, 4.69) is 15.0 Å². The summed E-state index contributed by atoms with van der Waals surface area (Å²) < 4.78 is 25.7. The summed E-state index contributed by atoms with van der Waals surface area (Å²) in [7, 11) is 1.37. The number of hydrogen-bond donors (Lipinski definition) is 3. The second-order valence-electron chi connectivity index (χ2n) is 4.60. The molecule has 0 saturated carbocycles. The SMILES string of the molecule is COc1nc(N)c2ncn([C@@H]3O[C@H](CO)[C@@H](O)[C@@H]3F)c2n1. The van der Waals surface area contributed by atoms with E-state index in [1.807, 2.05) is 0 Å². The molecule has 2 aromatic rings. The fourth-order valence-electron chi connectivity index (χ4n) is 2.27. The molecule has 1 fully saturated rings. The van der Waals surface area contributed by atoms with E-state index in [1.54, 1.807) is 0 Å². The Bertz CT molecular complexity index is 665. The van der Waals surface area contributed by atoms with Crippen molar-refractivity contribution in [3.05, 3.63) is 6.33 Å². The molecule has 0 bridgehead atoms. The highest BCUT2D eigenvalue weighted by atomic mass is 19.1. The Labute approximate surface area is 118 Å². The molecule has 0 aromatic carbocycles. The Morgan fingerprint density at radius 1 is 1.52 bits per heavy atom. The maximum atomic E-state index is 14.2. The third kappa shape index (κ3) is 2.07. The highest BCUT2D eigenvalue weighted by molar-refractivity contribution is 5.82. The third-order valence-electron chi connectivity index (χ3n) is 3.36. The lowest BCUT2D eigenvalue weighted by atomic mass is 10.1. The number of alkyl halides is 1. The van der Waals surface area contributed by atoms with Crippen LogP contribution in [-0.2, 0) is 4.74 Å². The first-order chi connectivity index (χ1) is 10.1. The van der Waals surface area contributed by atoms with Crippen molar-refractivity contribution in [3.63, 3.8) is 0 Å². The summed E-state index contributed by atoms with van der Waals surface area (Å²) in [4.78, 5) is 12.0. The van der Waals surface area contributed by atoms with Crippen molar-refractivity contribution >= 4 is 17.0 Å². The van der Waals surface area contributed by atoms with Crippen LogP contribution in [0.5, 0.6) is 6.01 Å². The highest BCUT2D eigenvalue weighted by Gasteiger charge is 2.45. The van der Waals surface area contributed by atoms with Crippen molar-refractivity contribution in [1.82, 2.24) is 19.5 Å². The molecular formula is C11H14FN5O4. The number of halogens is 1. The van der Waals surface area contributed by atoms with E-state index in [0.29, 0.717) is 0 Å². The predicted molar refractivity (Wildman–Crippen MR) is 68.2 cm³/mol. The Kier molecular flexibility index (Phi) is 3.35. The maximum Gasteiger partial charge on any atom is 0.320 e. The first-order valence-corrected chi connectivity index (χ1v) is 6.19. The monoisotopic (exact) mass is 299 g/mol. The largest absolute Gasteiger partial charge is 0.467 e. The summed E-state index contributed by atoms with van der Waals surface area (Å²) in [5.41, 5.74) is 6.22. The minimum atomic E-state index is -1.73. The third-order valence-corrected chi connectivity index (χ3v) is 3.36. The number of aromatic nitrogens is 4. The lowest BCUT2D eigenvalue weighted by molar-refractivity contribution is -0.0459. The summed E-state index contributed by atoms with van der Waals surface area (Å²) in [6.07, 6.45) is -4.05. The number of hydrogen-bond acceptors (Lipinski definition) is 8. The van der Waals surface area contributed by atoms with Gasteiger partial charge in [0.1, 0.15) is 12.2 Å². The zero-order chi connectivity index (χ0) is 15.1. The van der Waals surface area contributed by atoms with Gasteiger partial charge >= 0.3 is 6.01 Å². The van der Waals surface area contributed by atoms with Crippen LogP contribution in [0.3, 0.4) is 0 Å². The van der Waals surface area contributed by atoms with Crippen LogP contribution >= 0.6 is 0 Å². The van der Waals surface area contributed by atoms with Crippen molar-refractivity contribution in [2.75, 3.05) is 19.5 Å². The Morgan fingerprint density at radius 3 is 2.90 bits per heavy atom. The summed E-state index contributed by atoms with van der Waals surface area (Å²) in [5.74, 6) is 0.0864. The molecule has 0 aliphatic carbocycles. The van der Waals surface area contributed by atoms with Crippen LogP contribution in [0, 0.1) is 0 Å². The number of nitrogens with two attached hydrogens (primary N) is 1. The van der Waals surface area contributed by atoms with Gasteiger partial charge in [0.05, 0.1) is 20.0 Å². The van der Waals surface area contributed by atoms with Crippen LogP contribution < -0.4 is 10.5 Å². The van der Waals surface area contributed by atoms with Gasteiger partial charge in [0.15, 0.2) is 29.4 Å². The van der Waals surface area contributed by atoms with Gasteiger partial charge in [-0.2, -0.15) is 9.97 Å². The molecule has 3 heterocycles. The zero-order valence-electron chi connectivity index (χ0n) is 11.0. The van der Waals surface area contributed by atoms with Crippen molar-refractivity contribution in [2.24, 2.45) is 0 Å². The molecule has 9 nitrogen and oxygen atoms in total. The molecule has 10 heteroatoms. The number of imidazole rings is 1. The lowest BCUT2D eigenvalue weighted by Gasteiger charge is -2.15. The normalized spacial score (nSPS) is 29.1. The molecule has 0 amide bonds. The fourth-order valence-corrected chi connectivity index (χ4v) is 2.27. The number of aliphatic hydroxyl groups excluding tert-OH is 2. The average molecular weight is 299 g/mol. The Hall–Kier alpha value is -2.04. The molecule has 4 N–H and O–H groups in total. The van der Waals surface area contributed by atoms with E-state index < -0.39 is 31.2 Å². The minimum absolute atomic E-state index is 0.00871. The van der Waals surface area contributed by atoms with Gasteiger partial charge in [0.2, 0.25) is 0 Å². The van der Waals surface area contributed by atoms with Gasteiger partial charge in [-0.25, -0.2) is 9.37 Å². The zero-order valence-corrected chi connectivity index (χ0v) is 11.0. The van der Waals surface area contributed by atoms with Crippen LogP contribution in [0.25, 0.3) is 11.2 Å². The number of ether oxygens (including phenoxy) is 2.